The first kappa shape index (κ1) is 16.1. The summed E-state index contributed by atoms with van der Waals surface area (Å²) in [7, 11) is 0. The molecule has 3 amide bonds. The van der Waals surface area contributed by atoms with Crippen molar-refractivity contribution in [3.63, 3.8) is 0 Å². The Balaban J connectivity index is 1.71. The Morgan fingerprint density at radius 1 is 1.04 bits per heavy atom. The highest BCUT2D eigenvalue weighted by molar-refractivity contribution is 5.79. The molecule has 0 bridgehead atoms. The van der Waals surface area contributed by atoms with Crippen LogP contribution in [0.3, 0.4) is 0 Å². The molecular formula is C19H21N3O2. The van der Waals surface area contributed by atoms with Gasteiger partial charge in [-0.25, -0.2) is 4.79 Å². The highest BCUT2D eigenvalue weighted by atomic mass is 16.2. The number of benzene rings is 2. The molecular weight excluding hydrogens is 302 g/mol. The molecule has 2 aromatic rings. The van der Waals surface area contributed by atoms with Gasteiger partial charge in [0, 0.05) is 13.1 Å². The molecule has 124 valence electrons. The van der Waals surface area contributed by atoms with E-state index in [1.807, 2.05) is 47.4 Å². The zero-order chi connectivity index (χ0) is 16.9. The number of fused-ring (bicyclic) bond motifs is 1. The van der Waals surface area contributed by atoms with Crippen LogP contribution in [0.1, 0.15) is 29.2 Å². The molecule has 1 aliphatic rings. The lowest BCUT2D eigenvalue weighted by molar-refractivity contribution is -0.132. The fourth-order valence-corrected chi connectivity index (χ4v) is 3.12. The van der Waals surface area contributed by atoms with Crippen LogP contribution in [0.2, 0.25) is 0 Å². The van der Waals surface area contributed by atoms with E-state index in [2.05, 4.69) is 17.4 Å². The Labute approximate surface area is 141 Å². The molecule has 5 heteroatoms. The van der Waals surface area contributed by atoms with E-state index in [9.17, 15) is 9.59 Å². The summed E-state index contributed by atoms with van der Waals surface area (Å²) < 4.78 is 0. The second-order valence-corrected chi connectivity index (χ2v) is 6.01. The Kier molecular flexibility index (Phi) is 4.79. The van der Waals surface area contributed by atoms with Gasteiger partial charge < -0.3 is 16.0 Å². The molecule has 0 saturated carbocycles. The molecule has 3 N–H and O–H groups in total. The van der Waals surface area contributed by atoms with Gasteiger partial charge in [0.1, 0.15) is 0 Å². The van der Waals surface area contributed by atoms with Crippen molar-refractivity contribution in [2.24, 2.45) is 5.73 Å². The van der Waals surface area contributed by atoms with E-state index < -0.39 is 12.1 Å². The number of primary amides is 1. The van der Waals surface area contributed by atoms with Crippen LogP contribution in [0.5, 0.6) is 0 Å². The number of hydrogen-bond donors (Lipinski definition) is 2. The number of nitrogens with zero attached hydrogens (tertiary/aromatic N) is 1. The summed E-state index contributed by atoms with van der Waals surface area (Å²) >= 11 is 0. The third-order valence-corrected chi connectivity index (χ3v) is 4.38. The number of nitrogens with two attached hydrogens (primary N) is 1. The lowest BCUT2D eigenvalue weighted by Gasteiger charge is -2.30. The van der Waals surface area contributed by atoms with Crippen molar-refractivity contribution >= 4 is 11.9 Å². The van der Waals surface area contributed by atoms with Crippen molar-refractivity contribution in [3.8, 4) is 0 Å². The molecule has 0 saturated heterocycles. The minimum atomic E-state index is -0.624. The standard InChI is InChI=1S/C19H21N3O2/c20-19(24)21-17(15-7-2-1-3-8-15)12-18(23)22-11-10-14-6-4-5-9-16(14)13-22/h1-9,17H,10-13H2,(H3,20,21,24)/t17-/m1/s1. The summed E-state index contributed by atoms with van der Waals surface area (Å²) in [6.07, 6.45) is 1.07. The summed E-state index contributed by atoms with van der Waals surface area (Å²) in [5, 5.41) is 2.68. The van der Waals surface area contributed by atoms with E-state index in [1.54, 1.807) is 0 Å². The summed E-state index contributed by atoms with van der Waals surface area (Å²) in [6, 6.07) is 16.6. The summed E-state index contributed by atoms with van der Waals surface area (Å²) in [6.45, 7) is 1.32. The molecule has 2 aromatic carbocycles. The van der Waals surface area contributed by atoms with Gasteiger partial charge in [-0.05, 0) is 23.1 Å². The maximum absolute atomic E-state index is 12.7. The molecule has 0 unspecified atom stereocenters. The van der Waals surface area contributed by atoms with Crippen molar-refractivity contribution in [1.82, 2.24) is 10.2 Å². The van der Waals surface area contributed by atoms with Crippen molar-refractivity contribution in [2.45, 2.75) is 25.4 Å². The molecule has 5 nitrogen and oxygen atoms in total. The molecule has 0 fully saturated rings. The SMILES string of the molecule is NC(=O)N[C@H](CC(=O)N1CCc2ccccc2C1)c1ccccc1. The number of rotatable bonds is 4. The molecule has 0 aliphatic carbocycles. The van der Waals surface area contributed by atoms with Gasteiger partial charge in [-0.15, -0.1) is 0 Å². The lowest BCUT2D eigenvalue weighted by Crippen LogP contribution is -2.40. The van der Waals surface area contributed by atoms with Gasteiger partial charge in [-0.2, -0.15) is 0 Å². The number of nitrogens with one attached hydrogen (secondary N) is 1. The van der Waals surface area contributed by atoms with Gasteiger partial charge >= 0.3 is 6.03 Å². The number of urea groups is 1. The molecule has 1 atom stereocenters. The van der Waals surface area contributed by atoms with Crippen LogP contribution in [0, 0.1) is 0 Å². The average molecular weight is 323 g/mol. The molecule has 0 aromatic heterocycles. The van der Waals surface area contributed by atoms with Gasteiger partial charge in [0.05, 0.1) is 12.5 Å². The summed E-state index contributed by atoms with van der Waals surface area (Å²) in [5.41, 5.74) is 8.64. The van der Waals surface area contributed by atoms with Gasteiger partial charge in [0.2, 0.25) is 5.91 Å². The van der Waals surface area contributed by atoms with E-state index in [4.69, 9.17) is 5.73 Å². The maximum atomic E-state index is 12.7. The highest BCUT2D eigenvalue weighted by Gasteiger charge is 2.24. The third kappa shape index (κ3) is 3.74. The molecule has 3 rings (SSSR count). The van der Waals surface area contributed by atoms with Crippen LogP contribution in [0.25, 0.3) is 0 Å². The van der Waals surface area contributed by atoms with Crippen LogP contribution in [0.4, 0.5) is 4.79 Å². The van der Waals surface area contributed by atoms with E-state index in [0.29, 0.717) is 13.1 Å². The van der Waals surface area contributed by atoms with E-state index in [1.165, 1.54) is 11.1 Å². The van der Waals surface area contributed by atoms with Crippen LogP contribution < -0.4 is 11.1 Å². The molecule has 0 radical (unpaired) electrons. The van der Waals surface area contributed by atoms with Crippen LogP contribution in [0.15, 0.2) is 54.6 Å². The summed E-state index contributed by atoms with van der Waals surface area (Å²) in [4.78, 5) is 25.8. The highest BCUT2D eigenvalue weighted by Crippen LogP contribution is 2.22. The van der Waals surface area contributed by atoms with Crippen LogP contribution >= 0.6 is 0 Å². The zero-order valence-corrected chi connectivity index (χ0v) is 13.4. The first-order chi connectivity index (χ1) is 11.6. The second kappa shape index (κ2) is 7.17. The van der Waals surface area contributed by atoms with Gasteiger partial charge in [0.15, 0.2) is 0 Å². The second-order valence-electron chi connectivity index (χ2n) is 6.01. The normalized spacial score (nSPS) is 14.6. The first-order valence-electron chi connectivity index (χ1n) is 8.09. The molecule has 24 heavy (non-hydrogen) atoms. The first-order valence-corrected chi connectivity index (χ1v) is 8.09. The van der Waals surface area contributed by atoms with Crippen molar-refractivity contribution in [2.75, 3.05) is 6.54 Å². The van der Waals surface area contributed by atoms with E-state index >= 15 is 0 Å². The minimum Gasteiger partial charge on any atom is -0.352 e. The topological polar surface area (TPSA) is 75.4 Å². The summed E-state index contributed by atoms with van der Waals surface area (Å²) in [5.74, 6) is 0.0205. The van der Waals surface area contributed by atoms with Gasteiger partial charge in [-0.3, -0.25) is 4.79 Å². The number of amides is 3. The smallest absolute Gasteiger partial charge is 0.312 e. The minimum absolute atomic E-state index is 0.0205. The fourth-order valence-electron chi connectivity index (χ4n) is 3.12. The largest absolute Gasteiger partial charge is 0.352 e. The molecule has 0 spiro atoms. The number of hydrogen-bond acceptors (Lipinski definition) is 2. The van der Waals surface area contributed by atoms with Gasteiger partial charge in [0.25, 0.3) is 0 Å². The van der Waals surface area contributed by atoms with E-state index in [0.717, 1.165) is 12.0 Å². The predicted molar refractivity (Wildman–Crippen MR) is 92.1 cm³/mol. The maximum Gasteiger partial charge on any atom is 0.312 e. The van der Waals surface area contributed by atoms with Crippen molar-refractivity contribution < 1.29 is 9.59 Å². The lowest BCUT2D eigenvalue weighted by atomic mass is 9.98. The van der Waals surface area contributed by atoms with Crippen molar-refractivity contribution in [3.05, 3.63) is 71.3 Å². The number of carbonyl (C=O) groups is 2. The predicted octanol–water partition coefficient (Wildman–Crippen LogP) is 2.37. The Bertz CT molecular complexity index is 730. The fraction of sp³-hybridized carbons (Fsp3) is 0.263. The molecule has 1 heterocycles. The Morgan fingerprint density at radius 2 is 1.71 bits per heavy atom. The zero-order valence-electron chi connectivity index (χ0n) is 13.4. The Hall–Kier alpha value is -2.82. The van der Waals surface area contributed by atoms with Crippen LogP contribution in [-0.2, 0) is 17.8 Å². The van der Waals surface area contributed by atoms with Gasteiger partial charge in [-0.1, -0.05) is 54.6 Å². The van der Waals surface area contributed by atoms with Crippen molar-refractivity contribution in [1.29, 1.82) is 0 Å². The third-order valence-electron chi connectivity index (χ3n) is 4.38. The quantitative estimate of drug-likeness (QED) is 0.906. The average Bonchev–Trinajstić information content (AvgIpc) is 2.61. The monoisotopic (exact) mass is 323 g/mol. The van der Waals surface area contributed by atoms with E-state index in [-0.39, 0.29) is 12.3 Å². The Morgan fingerprint density at radius 3 is 2.42 bits per heavy atom. The molecule has 1 aliphatic heterocycles. The number of carbonyl (C=O) groups excluding carboxylic acids is 2. The van der Waals surface area contributed by atoms with Crippen LogP contribution in [-0.4, -0.2) is 23.4 Å².